The SMILES string of the molecule is CNC(CCC(C)(C)C)Cc1ccc2ccccc2c1. The van der Waals surface area contributed by atoms with E-state index in [1.165, 1.54) is 29.2 Å². The standard InChI is InChI=1S/C19H27N/c1-19(2,3)12-11-18(20-4)14-15-9-10-16-7-5-6-8-17(16)13-15/h5-10,13,18,20H,11-12,14H2,1-4H3. The Morgan fingerprint density at radius 1 is 1.00 bits per heavy atom. The average molecular weight is 269 g/mol. The van der Waals surface area contributed by atoms with Gasteiger partial charge in [-0.25, -0.2) is 0 Å². The maximum absolute atomic E-state index is 3.47. The third-order valence-corrected chi connectivity index (χ3v) is 3.95. The molecule has 0 saturated heterocycles. The van der Waals surface area contributed by atoms with Crippen molar-refractivity contribution in [2.45, 2.75) is 46.1 Å². The Bertz CT molecular complexity index is 551. The highest BCUT2D eigenvalue weighted by molar-refractivity contribution is 5.82. The molecular weight excluding hydrogens is 242 g/mol. The molecule has 0 aromatic heterocycles. The topological polar surface area (TPSA) is 12.0 Å². The van der Waals surface area contributed by atoms with Crippen LogP contribution in [-0.2, 0) is 6.42 Å². The monoisotopic (exact) mass is 269 g/mol. The number of hydrogen-bond acceptors (Lipinski definition) is 1. The second kappa shape index (κ2) is 6.41. The fraction of sp³-hybridized carbons (Fsp3) is 0.474. The molecule has 2 aromatic rings. The van der Waals surface area contributed by atoms with Gasteiger partial charge in [-0.2, -0.15) is 0 Å². The fourth-order valence-corrected chi connectivity index (χ4v) is 2.61. The van der Waals surface area contributed by atoms with Crippen LogP contribution in [0.4, 0.5) is 0 Å². The highest BCUT2D eigenvalue weighted by atomic mass is 14.9. The van der Waals surface area contributed by atoms with Gasteiger partial charge in [0, 0.05) is 6.04 Å². The lowest BCUT2D eigenvalue weighted by Crippen LogP contribution is -2.28. The van der Waals surface area contributed by atoms with Crippen LogP contribution in [0.25, 0.3) is 10.8 Å². The Balaban J connectivity index is 2.05. The molecule has 0 bridgehead atoms. The van der Waals surface area contributed by atoms with Gasteiger partial charge in [-0.1, -0.05) is 63.2 Å². The van der Waals surface area contributed by atoms with Crippen molar-refractivity contribution in [1.29, 1.82) is 0 Å². The van der Waals surface area contributed by atoms with E-state index in [0.29, 0.717) is 11.5 Å². The first-order valence-electron chi connectivity index (χ1n) is 7.63. The average Bonchev–Trinajstić information content (AvgIpc) is 2.42. The Morgan fingerprint density at radius 3 is 2.35 bits per heavy atom. The maximum Gasteiger partial charge on any atom is 0.0105 e. The van der Waals surface area contributed by atoms with Crippen molar-refractivity contribution in [3.8, 4) is 0 Å². The molecule has 20 heavy (non-hydrogen) atoms. The summed E-state index contributed by atoms with van der Waals surface area (Å²) < 4.78 is 0. The smallest absolute Gasteiger partial charge is 0.0105 e. The molecule has 108 valence electrons. The molecule has 1 unspecified atom stereocenters. The highest BCUT2D eigenvalue weighted by Crippen LogP contribution is 2.23. The molecule has 0 saturated carbocycles. The van der Waals surface area contributed by atoms with Crippen LogP contribution in [0, 0.1) is 5.41 Å². The van der Waals surface area contributed by atoms with Crippen LogP contribution in [0.15, 0.2) is 42.5 Å². The fourth-order valence-electron chi connectivity index (χ4n) is 2.61. The van der Waals surface area contributed by atoms with Gasteiger partial charge in [-0.3, -0.25) is 0 Å². The van der Waals surface area contributed by atoms with E-state index in [0.717, 1.165) is 6.42 Å². The first-order chi connectivity index (χ1) is 9.48. The van der Waals surface area contributed by atoms with Gasteiger partial charge in [-0.15, -0.1) is 0 Å². The van der Waals surface area contributed by atoms with Crippen molar-refractivity contribution in [2.24, 2.45) is 5.41 Å². The third-order valence-electron chi connectivity index (χ3n) is 3.95. The predicted molar refractivity (Wildman–Crippen MR) is 89.2 cm³/mol. The Morgan fingerprint density at radius 2 is 1.70 bits per heavy atom. The summed E-state index contributed by atoms with van der Waals surface area (Å²) >= 11 is 0. The zero-order valence-corrected chi connectivity index (χ0v) is 13.2. The van der Waals surface area contributed by atoms with E-state index in [4.69, 9.17) is 0 Å². The van der Waals surface area contributed by atoms with Crippen LogP contribution in [-0.4, -0.2) is 13.1 Å². The molecule has 0 aliphatic heterocycles. The summed E-state index contributed by atoms with van der Waals surface area (Å²) in [7, 11) is 2.08. The van der Waals surface area contributed by atoms with E-state index in [1.807, 2.05) is 0 Å². The summed E-state index contributed by atoms with van der Waals surface area (Å²) in [6, 6.07) is 16.0. The van der Waals surface area contributed by atoms with E-state index < -0.39 is 0 Å². The van der Waals surface area contributed by atoms with E-state index in [-0.39, 0.29) is 0 Å². The number of hydrogen-bond donors (Lipinski definition) is 1. The minimum Gasteiger partial charge on any atom is -0.317 e. The molecule has 0 radical (unpaired) electrons. The summed E-state index contributed by atoms with van der Waals surface area (Å²) in [6.07, 6.45) is 3.59. The van der Waals surface area contributed by atoms with Crippen LogP contribution < -0.4 is 5.32 Å². The van der Waals surface area contributed by atoms with Gasteiger partial charge in [0.15, 0.2) is 0 Å². The molecule has 0 fully saturated rings. The van der Waals surface area contributed by atoms with Crippen LogP contribution in [0.3, 0.4) is 0 Å². The van der Waals surface area contributed by atoms with Crippen molar-refractivity contribution in [3.05, 3.63) is 48.0 Å². The number of fused-ring (bicyclic) bond motifs is 1. The first kappa shape index (κ1) is 15.1. The van der Waals surface area contributed by atoms with Crippen LogP contribution in [0.5, 0.6) is 0 Å². The van der Waals surface area contributed by atoms with Crippen LogP contribution in [0.1, 0.15) is 39.2 Å². The van der Waals surface area contributed by atoms with E-state index in [9.17, 15) is 0 Å². The van der Waals surface area contributed by atoms with Gasteiger partial charge in [-0.05, 0) is 48.1 Å². The molecule has 0 heterocycles. The Labute approximate surface area is 123 Å². The number of benzene rings is 2. The lowest BCUT2D eigenvalue weighted by Gasteiger charge is -2.23. The van der Waals surface area contributed by atoms with Crippen LogP contribution >= 0.6 is 0 Å². The number of likely N-dealkylation sites (N-methyl/N-ethyl adjacent to an activating group) is 1. The van der Waals surface area contributed by atoms with Crippen molar-refractivity contribution < 1.29 is 0 Å². The second-order valence-corrected chi connectivity index (χ2v) is 6.97. The number of nitrogens with one attached hydrogen (secondary N) is 1. The molecule has 2 rings (SSSR count). The summed E-state index contributed by atoms with van der Waals surface area (Å²) in [6.45, 7) is 6.95. The largest absolute Gasteiger partial charge is 0.317 e. The van der Waals surface area contributed by atoms with Gasteiger partial charge in [0.2, 0.25) is 0 Å². The van der Waals surface area contributed by atoms with Gasteiger partial charge in [0.25, 0.3) is 0 Å². The van der Waals surface area contributed by atoms with Gasteiger partial charge < -0.3 is 5.32 Å². The molecule has 0 amide bonds. The lowest BCUT2D eigenvalue weighted by atomic mass is 9.87. The first-order valence-corrected chi connectivity index (χ1v) is 7.63. The van der Waals surface area contributed by atoms with Crippen molar-refractivity contribution in [2.75, 3.05) is 7.05 Å². The van der Waals surface area contributed by atoms with Gasteiger partial charge in [0.1, 0.15) is 0 Å². The summed E-state index contributed by atoms with van der Waals surface area (Å²) in [5.74, 6) is 0. The van der Waals surface area contributed by atoms with Crippen molar-refractivity contribution >= 4 is 10.8 Å². The molecule has 1 N–H and O–H groups in total. The van der Waals surface area contributed by atoms with E-state index in [1.54, 1.807) is 0 Å². The maximum atomic E-state index is 3.47. The van der Waals surface area contributed by atoms with Crippen molar-refractivity contribution in [3.63, 3.8) is 0 Å². The van der Waals surface area contributed by atoms with Gasteiger partial charge >= 0.3 is 0 Å². The summed E-state index contributed by atoms with van der Waals surface area (Å²) in [4.78, 5) is 0. The summed E-state index contributed by atoms with van der Waals surface area (Å²) in [5.41, 5.74) is 1.84. The van der Waals surface area contributed by atoms with E-state index >= 15 is 0 Å². The zero-order chi connectivity index (χ0) is 14.6. The molecule has 1 atom stereocenters. The van der Waals surface area contributed by atoms with E-state index in [2.05, 4.69) is 75.6 Å². The normalized spacial score (nSPS) is 13.6. The molecule has 0 aliphatic carbocycles. The molecule has 1 nitrogen and oxygen atoms in total. The van der Waals surface area contributed by atoms with Gasteiger partial charge in [0.05, 0.1) is 0 Å². The molecule has 0 aliphatic rings. The zero-order valence-electron chi connectivity index (χ0n) is 13.2. The molecule has 1 heteroatoms. The quantitative estimate of drug-likeness (QED) is 0.822. The predicted octanol–water partition coefficient (Wildman–Crippen LogP) is 4.80. The second-order valence-electron chi connectivity index (χ2n) is 6.97. The van der Waals surface area contributed by atoms with Crippen LogP contribution in [0.2, 0.25) is 0 Å². The Hall–Kier alpha value is -1.34. The third kappa shape index (κ3) is 4.35. The lowest BCUT2D eigenvalue weighted by molar-refractivity contribution is 0.335. The molecule has 0 spiro atoms. The minimum absolute atomic E-state index is 0.415. The minimum atomic E-state index is 0.415. The Kier molecular flexibility index (Phi) is 4.82. The molecule has 2 aromatic carbocycles. The number of rotatable bonds is 5. The highest BCUT2D eigenvalue weighted by Gasteiger charge is 2.14. The summed E-state index contributed by atoms with van der Waals surface area (Å²) in [5, 5.41) is 6.14. The van der Waals surface area contributed by atoms with Crippen molar-refractivity contribution in [1.82, 2.24) is 5.32 Å². The molecular formula is C19H27N.